The van der Waals surface area contributed by atoms with Crippen LogP contribution in [0.4, 0.5) is 0 Å². The molecule has 0 aromatic carbocycles. The van der Waals surface area contributed by atoms with Crippen LogP contribution in [0.3, 0.4) is 0 Å². The van der Waals surface area contributed by atoms with Gasteiger partial charge in [0.15, 0.2) is 0 Å². The van der Waals surface area contributed by atoms with Crippen molar-refractivity contribution in [2.24, 2.45) is 5.73 Å². The molecule has 1 amide bonds. The van der Waals surface area contributed by atoms with Gasteiger partial charge in [0, 0.05) is 32.4 Å². The zero-order chi connectivity index (χ0) is 22.0. The van der Waals surface area contributed by atoms with Crippen LogP contribution in [0.25, 0.3) is 0 Å². The van der Waals surface area contributed by atoms with Gasteiger partial charge in [0.2, 0.25) is 5.91 Å². The molecule has 30 heavy (non-hydrogen) atoms. The molecule has 3 heteroatoms. The summed E-state index contributed by atoms with van der Waals surface area (Å²) in [5.74, 6) is 12.5. The minimum Gasteiger partial charge on any atom is -0.355 e. The van der Waals surface area contributed by atoms with Gasteiger partial charge in [-0.25, -0.2) is 0 Å². The molecule has 0 saturated heterocycles. The summed E-state index contributed by atoms with van der Waals surface area (Å²) in [6.07, 6.45) is 23.2. The van der Waals surface area contributed by atoms with Crippen molar-refractivity contribution in [3.8, 4) is 23.7 Å². The Morgan fingerprint density at radius 1 is 0.667 bits per heavy atom. The third kappa shape index (κ3) is 24.6. The van der Waals surface area contributed by atoms with E-state index in [-0.39, 0.29) is 5.91 Å². The Kier molecular flexibility index (Phi) is 24.3. The molecule has 0 spiro atoms. The highest BCUT2D eigenvalue weighted by Gasteiger charge is 1.99. The summed E-state index contributed by atoms with van der Waals surface area (Å²) in [5.41, 5.74) is 5.36. The number of nitrogens with one attached hydrogen (secondary N) is 1. The van der Waals surface area contributed by atoms with Crippen LogP contribution in [0.1, 0.15) is 129 Å². The second-order valence-electron chi connectivity index (χ2n) is 8.30. The average Bonchev–Trinajstić information content (AvgIpc) is 2.75. The standard InChI is InChI=1S/C27H48N2O/c1-2-3-4-5-6-7-8-9-10-11-12-13-14-15-16-17-18-19-20-21-22-23-24-27(30)29-26-25-28/h2-12,17-26,28H2,1H3,(H,29,30). The quantitative estimate of drug-likeness (QED) is 0.176. The minimum absolute atomic E-state index is 0.130. The molecule has 172 valence electrons. The van der Waals surface area contributed by atoms with Gasteiger partial charge in [-0.1, -0.05) is 102 Å². The van der Waals surface area contributed by atoms with Crippen LogP contribution in [-0.4, -0.2) is 19.0 Å². The maximum Gasteiger partial charge on any atom is 0.220 e. The Balaban J connectivity index is 3.28. The van der Waals surface area contributed by atoms with Gasteiger partial charge in [0.1, 0.15) is 0 Å². The van der Waals surface area contributed by atoms with Crippen molar-refractivity contribution in [1.29, 1.82) is 0 Å². The smallest absolute Gasteiger partial charge is 0.220 e. The van der Waals surface area contributed by atoms with E-state index in [4.69, 9.17) is 5.73 Å². The molecule has 3 nitrogen and oxygen atoms in total. The van der Waals surface area contributed by atoms with Crippen molar-refractivity contribution in [3.63, 3.8) is 0 Å². The molecule has 0 heterocycles. The van der Waals surface area contributed by atoms with Gasteiger partial charge in [0.05, 0.1) is 0 Å². The van der Waals surface area contributed by atoms with Crippen molar-refractivity contribution in [2.75, 3.05) is 13.1 Å². The van der Waals surface area contributed by atoms with E-state index < -0.39 is 0 Å². The first-order chi connectivity index (χ1) is 14.8. The first-order valence-corrected chi connectivity index (χ1v) is 12.7. The largest absolute Gasteiger partial charge is 0.355 e. The molecular formula is C27H48N2O. The minimum atomic E-state index is 0.130. The normalized spacial score (nSPS) is 10.1. The topological polar surface area (TPSA) is 55.1 Å². The summed E-state index contributed by atoms with van der Waals surface area (Å²) < 4.78 is 0. The summed E-state index contributed by atoms with van der Waals surface area (Å²) in [6.45, 7) is 3.37. The van der Waals surface area contributed by atoms with E-state index in [2.05, 4.69) is 35.9 Å². The molecule has 0 rings (SSSR count). The van der Waals surface area contributed by atoms with Crippen LogP contribution in [0.5, 0.6) is 0 Å². The van der Waals surface area contributed by atoms with E-state index in [9.17, 15) is 4.79 Å². The van der Waals surface area contributed by atoms with Gasteiger partial charge in [-0.05, 0) is 31.1 Å². The lowest BCUT2D eigenvalue weighted by molar-refractivity contribution is -0.121. The van der Waals surface area contributed by atoms with E-state index in [1.165, 1.54) is 83.5 Å². The Morgan fingerprint density at radius 2 is 1.10 bits per heavy atom. The predicted octanol–water partition coefficient (Wildman–Crippen LogP) is 6.50. The number of hydrogen-bond donors (Lipinski definition) is 2. The van der Waals surface area contributed by atoms with Crippen LogP contribution in [0.15, 0.2) is 0 Å². The van der Waals surface area contributed by atoms with Crippen LogP contribution in [0.2, 0.25) is 0 Å². The van der Waals surface area contributed by atoms with Crippen molar-refractivity contribution in [3.05, 3.63) is 0 Å². The fraction of sp³-hybridized carbons (Fsp3) is 0.815. The molecule has 0 radical (unpaired) electrons. The third-order valence-corrected chi connectivity index (χ3v) is 5.32. The molecule has 0 fully saturated rings. The number of carbonyl (C=O) groups is 1. The Morgan fingerprint density at radius 3 is 1.57 bits per heavy atom. The molecule has 0 aromatic heterocycles. The molecule has 0 aromatic rings. The van der Waals surface area contributed by atoms with Crippen molar-refractivity contribution >= 4 is 5.91 Å². The lowest BCUT2D eigenvalue weighted by Crippen LogP contribution is -2.28. The highest BCUT2D eigenvalue weighted by Crippen LogP contribution is 2.11. The first-order valence-electron chi connectivity index (χ1n) is 12.7. The molecule has 0 unspecified atom stereocenters. The van der Waals surface area contributed by atoms with Gasteiger partial charge in [-0.15, -0.1) is 0 Å². The van der Waals surface area contributed by atoms with Gasteiger partial charge in [0.25, 0.3) is 0 Å². The van der Waals surface area contributed by atoms with Crippen LogP contribution < -0.4 is 11.1 Å². The van der Waals surface area contributed by atoms with E-state index in [1.54, 1.807) is 0 Å². The van der Waals surface area contributed by atoms with E-state index in [0.29, 0.717) is 19.5 Å². The average molecular weight is 417 g/mol. The highest BCUT2D eigenvalue weighted by molar-refractivity contribution is 5.75. The lowest BCUT2D eigenvalue weighted by atomic mass is 10.1. The number of amides is 1. The number of unbranched alkanes of at least 4 members (excludes halogenated alkanes) is 16. The molecule has 0 aliphatic rings. The molecule has 0 saturated carbocycles. The van der Waals surface area contributed by atoms with Crippen molar-refractivity contribution in [2.45, 2.75) is 129 Å². The summed E-state index contributed by atoms with van der Waals surface area (Å²) >= 11 is 0. The summed E-state index contributed by atoms with van der Waals surface area (Å²) in [6, 6.07) is 0. The second-order valence-corrected chi connectivity index (χ2v) is 8.30. The lowest BCUT2D eigenvalue weighted by Gasteiger charge is -2.03. The van der Waals surface area contributed by atoms with E-state index >= 15 is 0 Å². The maximum atomic E-state index is 11.4. The van der Waals surface area contributed by atoms with Gasteiger partial charge in [-0.3, -0.25) is 4.79 Å². The zero-order valence-corrected chi connectivity index (χ0v) is 19.8. The Bertz CT molecular complexity index is 492. The van der Waals surface area contributed by atoms with Gasteiger partial charge >= 0.3 is 0 Å². The van der Waals surface area contributed by atoms with Crippen LogP contribution >= 0.6 is 0 Å². The van der Waals surface area contributed by atoms with Crippen LogP contribution in [-0.2, 0) is 4.79 Å². The molecule has 0 atom stereocenters. The highest BCUT2D eigenvalue weighted by atomic mass is 16.1. The summed E-state index contributed by atoms with van der Waals surface area (Å²) in [5, 5.41) is 2.81. The van der Waals surface area contributed by atoms with Crippen molar-refractivity contribution in [1.82, 2.24) is 5.32 Å². The van der Waals surface area contributed by atoms with Crippen molar-refractivity contribution < 1.29 is 4.79 Å². The monoisotopic (exact) mass is 416 g/mol. The molecule has 3 N–H and O–H groups in total. The van der Waals surface area contributed by atoms with Crippen LogP contribution in [0, 0.1) is 23.7 Å². The van der Waals surface area contributed by atoms with Gasteiger partial charge in [-0.2, -0.15) is 0 Å². The molecule has 0 bridgehead atoms. The molecule has 0 aliphatic heterocycles. The maximum absolute atomic E-state index is 11.4. The summed E-state index contributed by atoms with van der Waals surface area (Å²) in [7, 11) is 0. The first kappa shape index (κ1) is 28.5. The molecule has 0 aliphatic carbocycles. The van der Waals surface area contributed by atoms with E-state index in [1.807, 2.05) is 0 Å². The Labute approximate surface area is 187 Å². The number of nitrogens with two attached hydrogens (primary N) is 1. The zero-order valence-electron chi connectivity index (χ0n) is 19.8. The number of rotatable bonds is 20. The number of hydrogen-bond acceptors (Lipinski definition) is 2. The second kappa shape index (κ2) is 25.6. The third-order valence-electron chi connectivity index (χ3n) is 5.32. The van der Waals surface area contributed by atoms with Gasteiger partial charge < -0.3 is 11.1 Å². The molecular weight excluding hydrogens is 368 g/mol. The predicted molar refractivity (Wildman–Crippen MR) is 131 cm³/mol. The SMILES string of the molecule is CCCCCCCCCCCCC#CC#CCCCCCCCCC(=O)NCCN. The summed E-state index contributed by atoms with van der Waals surface area (Å²) in [4.78, 5) is 11.4. The van der Waals surface area contributed by atoms with E-state index in [0.717, 1.165) is 32.1 Å². The fourth-order valence-electron chi connectivity index (χ4n) is 3.42. The number of carbonyl (C=O) groups excluding carboxylic acids is 1. The Hall–Kier alpha value is -1.45. The fourth-order valence-corrected chi connectivity index (χ4v) is 3.42.